The number of fused-ring (bicyclic) bond motifs is 1. The van der Waals surface area contributed by atoms with Gasteiger partial charge in [0.05, 0.1) is 12.5 Å². The van der Waals surface area contributed by atoms with Crippen LogP contribution in [-0.2, 0) is 9.59 Å². The second-order valence-electron chi connectivity index (χ2n) is 8.11. The maximum Gasteiger partial charge on any atom is 0.223 e. The standard InChI is InChI=1S/C25H30N4O2/c1-20(30)29-13-11-21-7-5-6-10-23(21)24(29)19-25(31)26-12-14-27-15-17-28(18-16-27)22-8-3-2-4-9-22/h2-11,13,24H,12,14-19H2,1H3,(H,26,31). The third-order valence-electron chi connectivity index (χ3n) is 6.09. The number of nitrogens with one attached hydrogen (secondary N) is 1. The van der Waals surface area contributed by atoms with Gasteiger partial charge in [0.15, 0.2) is 0 Å². The highest BCUT2D eigenvalue weighted by atomic mass is 16.2. The molecule has 2 amide bonds. The highest BCUT2D eigenvalue weighted by Gasteiger charge is 2.28. The Kier molecular flexibility index (Phi) is 6.67. The van der Waals surface area contributed by atoms with Gasteiger partial charge in [-0.25, -0.2) is 0 Å². The van der Waals surface area contributed by atoms with Crippen molar-refractivity contribution in [1.82, 2.24) is 15.1 Å². The highest BCUT2D eigenvalue weighted by Crippen LogP contribution is 2.32. The number of piperazine rings is 1. The number of carbonyl (C=O) groups is 2. The smallest absolute Gasteiger partial charge is 0.223 e. The topological polar surface area (TPSA) is 55.9 Å². The molecule has 0 aromatic heterocycles. The fourth-order valence-electron chi connectivity index (χ4n) is 4.38. The van der Waals surface area contributed by atoms with Gasteiger partial charge in [-0.2, -0.15) is 0 Å². The van der Waals surface area contributed by atoms with E-state index in [0.717, 1.165) is 43.9 Å². The predicted octanol–water partition coefficient (Wildman–Crippen LogP) is 2.89. The first-order valence-electron chi connectivity index (χ1n) is 11.0. The molecule has 2 aromatic rings. The van der Waals surface area contributed by atoms with E-state index < -0.39 is 0 Å². The van der Waals surface area contributed by atoms with Crippen LogP contribution >= 0.6 is 0 Å². The van der Waals surface area contributed by atoms with Gasteiger partial charge in [0.25, 0.3) is 0 Å². The first-order chi connectivity index (χ1) is 15.1. The number of carbonyl (C=O) groups excluding carboxylic acids is 2. The SMILES string of the molecule is CC(=O)N1C=Cc2ccccc2C1CC(=O)NCCN1CCN(c2ccccc2)CC1. The largest absolute Gasteiger partial charge is 0.369 e. The van der Waals surface area contributed by atoms with Crippen LogP contribution in [0.4, 0.5) is 5.69 Å². The van der Waals surface area contributed by atoms with Gasteiger partial charge in [0.2, 0.25) is 11.8 Å². The Balaban J connectivity index is 1.25. The van der Waals surface area contributed by atoms with Crippen molar-refractivity contribution < 1.29 is 9.59 Å². The summed E-state index contributed by atoms with van der Waals surface area (Å²) in [5.74, 6) is -0.0795. The summed E-state index contributed by atoms with van der Waals surface area (Å²) < 4.78 is 0. The molecule has 6 heteroatoms. The van der Waals surface area contributed by atoms with E-state index in [1.165, 1.54) is 12.6 Å². The Morgan fingerprint density at radius 3 is 2.42 bits per heavy atom. The minimum absolute atomic E-state index is 0.0238. The van der Waals surface area contributed by atoms with Crippen LogP contribution in [0.1, 0.15) is 30.5 Å². The van der Waals surface area contributed by atoms with E-state index in [4.69, 9.17) is 0 Å². The Labute approximate surface area is 184 Å². The molecule has 31 heavy (non-hydrogen) atoms. The normalized spacial score (nSPS) is 18.5. The lowest BCUT2D eigenvalue weighted by molar-refractivity contribution is -0.129. The summed E-state index contributed by atoms with van der Waals surface area (Å²) in [7, 11) is 0. The van der Waals surface area contributed by atoms with Gasteiger partial charge in [-0.15, -0.1) is 0 Å². The van der Waals surface area contributed by atoms with Crippen molar-refractivity contribution in [1.29, 1.82) is 0 Å². The van der Waals surface area contributed by atoms with Gasteiger partial charge in [-0.3, -0.25) is 14.5 Å². The van der Waals surface area contributed by atoms with Crippen molar-refractivity contribution in [2.75, 3.05) is 44.2 Å². The van der Waals surface area contributed by atoms with Crippen molar-refractivity contribution >= 4 is 23.6 Å². The van der Waals surface area contributed by atoms with E-state index in [9.17, 15) is 9.59 Å². The van der Waals surface area contributed by atoms with E-state index in [-0.39, 0.29) is 24.3 Å². The maximum absolute atomic E-state index is 12.7. The molecule has 1 fully saturated rings. The lowest BCUT2D eigenvalue weighted by Crippen LogP contribution is -2.48. The van der Waals surface area contributed by atoms with Gasteiger partial charge >= 0.3 is 0 Å². The molecule has 1 unspecified atom stereocenters. The van der Waals surface area contributed by atoms with E-state index in [2.05, 4.69) is 39.4 Å². The lowest BCUT2D eigenvalue weighted by Gasteiger charge is -2.36. The number of hydrogen-bond donors (Lipinski definition) is 1. The summed E-state index contributed by atoms with van der Waals surface area (Å²) in [5, 5.41) is 3.05. The van der Waals surface area contributed by atoms with Crippen LogP contribution in [0.3, 0.4) is 0 Å². The van der Waals surface area contributed by atoms with Crippen LogP contribution in [0.5, 0.6) is 0 Å². The molecule has 2 aromatic carbocycles. The van der Waals surface area contributed by atoms with E-state index in [1.54, 1.807) is 11.1 Å². The predicted molar refractivity (Wildman–Crippen MR) is 123 cm³/mol. The first-order valence-corrected chi connectivity index (χ1v) is 11.0. The summed E-state index contributed by atoms with van der Waals surface area (Å²) in [6, 6.07) is 18.2. The van der Waals surface area contributed by atoms with Crippen LogP contribution in [0.15, 0.2) is 60.8 Å². The number of nitrogens with zero attached hydrogens (tertiary/aromatic N) is 3. The molecule has 6 nitrogen and oxygen atoms in total. The van der Waals surface area contributed by atoms with Gasteiger partial charge in [0, 0.05) is 58.1 Å². The molecule has 1 N–H and O–H groups in total. The molecule has 2 heterocycles. The maximum atomic E-state index is 12.7. The molecule has 0 radical (unpaired) electrons. The van der Waals surface area contributed by atoms with Crippen LogP contribution in [0.2, 0.25) is 0 Å². The molecule has 0 saturated carbocycles. The molecular weight excluding hydrogens is 388 g/mol. The third-order valence-corrected chi connectivity index (χ3v) is 6.09. The highest BCUT2D eigenvalue weighted by molar-refractivity contribution is 5.81. The summed E-state index contributed by atoms with van der Waals surface area (Å²) >= 11 is 0. The molecule has 0 spiro atoms. The van der Waals surface area contributed by atoms with Crippen LogP contribution in [-0.4, -0.2) is 60.9 Å². The molecular formula is C25H30N4O2. The number of rotatable bonds is 6. The molecule has 1 atom stereocenters. The second-order valence-corrected chi connectivity index (χ2v) is 8.11. The van der Waals surface area contributed by atoms with Gasteiger partial charge in [-0.1, -0.05) is 42.5 Å². The Hall–Kier alpha value is -3.12. The Bertz CT molecular complexity index is 936. The monoisotopic (exact) mass is 418 g/mol. The molecule has 0 aliphatic carbocycles. The molecule has 0 bridgehead atoms. The number of amides is 2. The summed E-state index contributed by atoms with van der Waals surface area (Å²) in [4.78, 5) is 31.2. The minimum Gasteiger partial charge on any atom is -0.369 e. The van der Waals surface area contributed by atoms with E-state index >= 15 is 0 Å². The average Bonchev–Trinajstić information content (AvgIpc) is 2.80. The van der Waals surface area contributed by atoms with E-state index in [0.29, 0.717) is 6.54 Å². The summed E-state index contributed by atoms with van der Waals surface area (Å²) in [5.41, 5.74) is 3.36. The van der Waals surface area contributed by atoms with Crippen molar-refractivity contribution in [2.45, 2.75) is 19.4 Å². The van der Waals surface area contributed by atoms with Gasteiger partial charge < -0.3 is 15.1 Å². The van der Waals surface area contributed by atoms with Gasteiger partial charge in [0.1, 0.15) is 0 Å². The minimum atomic E-state index is -0.256. The molecule has 4 rings (SSSR count). The zero-order valence-corrected chi connectivity index (χ0v) is 18.0. The first kappa shape index (κ1) is 21.1. The number of benzene rings is 2. The van der Waals surface area contributed by atoms with Crippen molar-refractivity contribution in [3.63, 3.8) is 0 Å². The molecule has 162 valence electrons. The summed E-state index contributed by atoms with van der Waals surface area (Å²) in [6.07, 6.45) is 3.98. The number of para-hydroxylation sites is 1. The summed E-state index contributed by atoms with van der Waals surface area (Å²) in [6.45, 7) is 6.97. The second kappa shape index (κ2) is 9.79. The third kappa shape index (κ3) is 5.14. The van der Waals surface area contributed by atoms with Crippen LogP contribution < -0.4 is 10.2 Å². The van der Waals surface area contributed by atoms with Gasteiger partial charge in [-0.05, 0) is 29.3 Å². The average molecular weight is 419 g/mol. The fraction of sp³-hybridized carbons (Fsp3) is 0.360. The van der Waals surface area contributed by atoms with E-state index in [1.807, 2.05) is 36.4 Å². The molecule has 2 aliphatic heterocycles. The number of anilines is 1. The lowest BCUT2D eigenvalue weighted by atomic mass is 9.93. The Morgan fingerprint density at radius 2 is 1.68 bits per heavy atom. The van der Waals surface area contributed by atoms with Crippen molar-refractivity contribution in [2.24, 2.45) is 0 Å². The van der Waals surface area contributed by atoms with Crippen molar-refractivity contribution in [3.05, 3.63) is 71.9 Å². The molecule has 2 aliphatic rings. The molecule has 1 saturated heterocycles. The van der Waals surface area contributed by atoms with Crippen molar-refractivity contribution in [3.8, 4) is 0 Å². The zero-order valence-electron chi connectivity index (χ0n) is 18.0. The number of hydrogen-bond acceptors (Lipinski definition) is 4. The fourth-order valence-corrected chi connectivity index (χ4v) is 4.38. The Morgan fingerprint density at radius 1 is 0.968 bits per heavy atom. The van der Waals surface area contributed by atoms with Crippen LogP contribution in [0.25, 0.3) is 6.08 Å². The quantitative estimate of drug-likeness (QED) is 0.784. The zero-order chi connectivity index (χ0) is 21.6. The van der Waals surface area contributed by atoms with Crippen LogP contribution in [0, 0.1) is 0 Å².